The van der Waals surface area contributed by atoms with Crippen molar-refractivity contribution in [3.8, 4) is 16.9 Å². The lowest BCUT2D eigenvalue weighted by Gasteiger charge is -2.35. The third kappa shape index (κ3) is 5.44. The molecule has 2 heterocycles. The average Bonchev–Trinajstić information content (AvgIpc) is 3.28. The normalized spacial score (nSPS) is 16.3. The molecule has 1 aliphatic heterocycles. The van der Waals surface area contributed by atoms with Crippen LogP contribution in [0.15, 0.2) is 66.7 Å². The van der Waals surface area contributed by atoms with Gasteiger partial charge >= 0.3 is 6.09 Å². The summed E-state index contributed by atoms with van der Waals surface area (Å²) in [5.41, 5.74) is 3.37. The Morgan fingerprint density at radius 3 is 2.54 bits per heavy atom. The molecule has 1 atom stereocenters. The first-order valence-corrected chi connectivity index (χ1v) is 12.4. The van der Waals surface area contributed by atoms with E-state index < -0.39 is 6.09 Å². The quantitative estimate of drug-likeness (QED) is 0.359. The van der Waals surface area contributed by atoms with Crippen LogP contribution in [-0.4, -0.2) is 49.2 Å². The van der Waals surface area contributed by atoms with Gasteiger partial charge in [0, 0.05) is 25.3 Å². The largest absolute Gasteiger partial charge is 0.417 e. The SMILES string of the molecule is CN1CCCC(N(C)c2nc3ccc(NC(=O)Oc4ccc(-c5ccc(F)cc5)cc4)cc3s2)C1. The van der Waals surface area contributed by atoms with E-state index in [9.17, 15) is 9.18 Å². The summed E-state index contributed by atoms with van der Waals surface area (Å²) < 4.78 is 19.6. The highest BCUT2D eigenvalue weighted by molar-refractivity contribution is 7.22. The molecule has 1 saturated heterocycles. The predicted octanol–water partition coefficient (Wildman–Crippen LogP) is 6.24. The minimum atomic E-state index is -0.564. The Hall–Kier alpha value is -3.49. The maximum Gasteiger partial charge on any atom is 0.417 e. The molecule has 1 unspecified atom stereocenters. The summed E-state index contributed by atoms with van der Waals surface area (Å²) in [4.78, 5) is 21.9. The maximum absolute atomic E-state index is 13.1. The van der Waals surface area contributed by atoms with Crippen LogP contribution in [-0.2, 0) is 0 Å². The molecule has 8 heteroatoms. The van der Waals surface area contributed by atoms with Crippen molar-refractivity contribution in [2.24, 2.45) is 0 Å². The van der Waals surface area contributed by atoms with E-state index in [2.05, 4.69) is 29.2 Å². The number of thiazole rings is 1. The summed E-state index contributed by atoms with van der Waals surface area (Å²) in [6, 6.07) is 19.5. The summed E-state index contributed by atoms with van der Waals surface area (Å²) in [6.07, 6.45) is 1.80. The van der Waals surface area contributed by atoms with Gasteiger partial charge in [-0.05, 0) is 80.0 Å². The molecule has 35 heavy (non-hydrogen) atoms. The van der Waals surface area contributed by atoms with Gasteiger partial charge in [0.15, 0.2) is 5.13 Å². The topological polar surface area (TPSA) is 57.7 Å². The van der Waals surface area contributed by atoms with E-state index in [1.807, 2.05) is 30.3 Å². The van der Waals surface area contributed by atoms with Gasteiger partial charge < -0.3 is 14.5 Å². The molecule has 4 aromatic rings. The summed E-state index contributed by atoms with van der Waals surface area (Å²) in [5, 5.41) is 3.79. The molecular formula is C27H27FN4O2S. The van der Waals surface area contributed by atoms with E-state index in [1.54, 1.807) is 35.6 Å². The number of carbonyl (C=O) groups excluding carboxylic acids is 1. The fourth-order valence-electron chi connectivity index (χ4n) is 4.36. The molecule has 0 bridgehead atoms. The molecule has 0 aliphatic carbocycles. The van der Waals surface area contributed by atoms with Crippen molar-refractivity contribution < 1.29 is 13.9 Å². The lowest BCUT2D eigenvalue weighted by atomic mass is 10.1. The Balaban J connectivity index is 1.23. The molecule has 0 spiro atoms. The van der Waals surface area contributed by atoms with Crippen LogP contribution < -0.4 is 15.0 Å². The maximum atomic E-state index is 13.1. The van der Waals surface area contributed by atoms with Crippen molar-refractivity contribution in [1.82, 2.24) is 9.88 Å². The van der Waals surface area contributed by atoms with Crippen molar-refractivity contribution in [2.75, 3.05) is 37.4 Å². The lowest BCUT2D eigenvalue weighted by Crippen LogP contribution is -2.45. The van der Waals surface area contributed by atoms with Crippen molar-refractivity contribution >= 4 is 38.5 Å². The minimum Gasteiger partial charge on any atom is -0.410 e. The van der Waals surface area contributed by atoms with Crippen LogP contribution in [0.5, 0.6) is 5.75 Å². The smallest absolute Gasteiger partial charge is 0.410 e. The summed E-state index contributed by atoms with van der Waals surface area (Å²) >= 11 is 1.63. The molecule has 0 radical (unpaired) electrons. The van der Waals surface area contributed by atoms with E-state index in [4.69, 9.17) is 9.72 Å². The zero-order chi connectivity index (χ0) is 24.4. The number of nitrogens with zero attached hydrogens (tertiary/aromatic N) is 3. The summed E-state index contributed by atoms with van der Waals surface area (Å²) in [5.74, 6) is 0.149. The van der Waals surface area contributed by atoms with Gasteiger partial charge in [0.2, 0.25) is 0 Å². The van der Waals surface area contributed by atoms with Crippen LogP contribution in [0, 0.1) is 5.82 Å². The first-order chi connectivity index (χ1) is 16.9. The van der Waals surface area contributed by atoms with E-state index in [0.29, 0.717) is 17.5 Å². The van der Waals surface area contributed by atoms with Gasteiger partial charge in [-0.2, -0.15) is 0 Å². The first-order valence-electron chi connectivity index (χ1n) is 11.6. The standard InChI is InChI=1S/C27H27FN4O2S/c1-31-15-3-4-22(17-31)32(2)26-30-24-14-11-21(16-25(24)35-26)29-27(33)34-23-12-7-19(8-13-23)18-5-9-20(28)10-6-18/h5-14,16,22H,3-4,15,17H2,1-2H3,(H,29,33). The number of rotatable bonds is 5. The molecular weight excluding hydrogens is 463 g/mol. The Bertz CT molecular complexity index is 1320. The molecule has 1 N–H and O–H groups in total. The number of benzene rings is 3. The van der Waals surface area contributed by atoms with E-state index in [0.717, 1.165) is 39.6 Å². The van der Waals surface area contributed by atoms with E-state index in [1.165, 1.54) is 25.0 Å². The van der Waals surface area contributed by atoms with Gasteiger partial charge in [0.05, 0.1) is 10.2 Å². The number of carbonyl (C=O) groups is 1. The van der Waals surface area contributed by atoms with Crippen LogP contribution in [0.2, 0.25) is 0 Å². The van der Waals surface area contributed by atoms with E-state index in [-0.39, 0.29) is 5.82 Å². The number of halogens is 1. The Morgan fingerprint density at radius 1 is 1.11 bits per heavy atom. The second-order valence-electron chi connectivity index (χ2n) is 8.89. The zero-order valence-electron chi connectivity index (χ0n) is 19.7. The van der Waals surface area contributed by atoms with Crippen LogP contribution in [0.3, 0.4) is 0 Å². The number of aromatic nitrogens is 1. The number of hydrogen-bond acceptors (Lipinski definition) is 6. The highest BCUT2D eigenvalue weighted by Gasteiger charge is 2.23. The third-order valence-electron chi connectivity index (χ3n) is 6.32. The van der Waals surface area contributed by atoms with Crippen molar-refractivity contribution in [2.45, 2.75) is 18.9 Å². The third-order valence-corrected chi connectivity index (χ3v) is 7.42. The van der Waals surface area contributed by atoms with Crippen LogP contribution in [0.4, 0.5) is 20.0 Å². The number of likely N-dealkylation sites (tertiary alicyclic amines) is 1. The number of ether oxygens (including phenoxy) is 1. The number of fused-ring (bicyclic) bond motifs is 1. The molecule has 1 aromatic heterocycles. The van der Waals surface area contributed by atoms with Crippen molar-refractivity contribution in [1.29, 1.82) is 0 Å². The summed E-state index contributed by atoms with van der Waals surface area (Å²) in [6.45, 7) is 2.18. The number of anilines is 2. The van der Waals surface area contributed by atoms with Gasteiger partial charge in [0.25, 0.3) is 0 Å². The highest BCUT2D eigenvalue weighted by atomic mass is 32.1. The van der Waals surface area contributed by atoms with Gasteiger partial charge in [-0.1, -0.05) is 35.6 Å². The molecule has 1 amide bonds. The molecule has 5 rings (SSSR count). The Morgan fingerprint density at radius 2 is 1.83 bits per heavy atom. The van der Waals surface area contributed by atoms with Gasteiger partial charge in [0.1, 0.15) is 11.6 Å². The minimum absolute atomic E-state index is 0.276. The van der Waals surface area contributed by atoms with Gasteiger partial charge in [-0.25, -0.2) is 14.2 Å². The molecule has 0 saturated carbocycles. The van der Waals surface area contributed by atoms with E-state index >= 15 is 0 Å². The number of nitrogens with one attached hydrogen (secondary N) is 1. The molecule has 3 aromatic carbocycles. The molecule has 180 valence electrons. The second-order valence-corrected chi connectivity index (χ2v) is 9.90. The predicted molar refractivity (Wildman–Crippen MR) is 140 cm³/mol. The molecule has 6 nitrogen and oxygen atoms in total. The van der Waals surface area contributed by atoms with Gasteiger partial charge in [-0.15, -0.1) is 0 Å². The van der Waals surface area contributed by atoms with Crippen LogP contribution in [0.1, 0.15) is 12.8 Å². The lowest BCUT2D eigenvalue weighted by molar-refractivity contribution is 0.215. The average molecular weight is 491 g/mol. The number of amides is 1. The second kappa shape index (κ2) is 10.0. The monoisotopic (exact) mass is 490 g/mol. The highest BCUT2D eigenvalue weighted by Crippen LogP contribution is 2.32. The first kappa shape index (κ1) is 23.3. The Kier molecular flexibility index (Phi) is 6.66. The van der Waals surface area contributed by atoms with Crippen LogP contribution >= 0.6 is 11.3 Å². The van der Waals surface area contributed by atoms with Gasteiger partial charge in [-0.3, -0.25) is 5.32 Å². The molecule has 1 aliphatic rings. The number of piperidine rings is 1. The number of likely N-dealkylation sites (N-methyl/N-ethyl adjacent to an activating group) is 2. The fourth-order valence-corrected chi connectivity index (χ4v) is 5.40. The zero-order valence-corrected chi connectivity index (χ0v) is 20.5. The van der Waals surface area contributed by atoms with Crippen LogP contribution in [0.25, 0.3) is 21.3 Å². The fraction of sp³-hybridized carbons (Fsp3) is 0.259. The molecule has 1 fully saturated rings. The Labute approximate surface area is 208 Å². The van der Waals surface area contributed by atoms with Crippen molar-refractivity contribution in [3.63, 3.8) is 0 Å². The van der Waals surface area contributed by atoms with Crippen molar-refractivity contribution in [3.05, 3.63) is 72.5 Å². The summed E-state index contributed by atoms with van der Waals surface area (Å²) in [7, 11) is 4.27. The number of hydrogen-bond donors (Lipinski definition) is 1.